The van der Waals surface area contributed by atoms with Crippen molar-refractivity contribution in [3.63, 3.8) is 0 Å². The average molecular weight is 491 g/mol. The van der Waals surface area contributed by atoms with Crippen molar-refractivity contribution in [3.05, 3.63) is 16.7 Å². The Morgan fingerprint density at radius 1 is 0.429 bits per heavy atom. The molecule has 0 atom stereocenters. The van der Waals surface area contributed by atoms with Crippen LogP contribution in [0, 0.1) is 0 Å². The molecule has 0 fully saturated rings. The average Bonchev–Trinajstić information content (AvgIpc) is 2.86. The van der Waals surface area contributed by atoms with Gasteiger partial charge in [-0.1, -0.05) is 117 Å². The molecule has 3 heteroatoms. The molecular formula is C32H58O3. The maximum atomic E-state index is 11.1. The van der Waals surface area contributed by atoms with Crippen LogP contribution in [0.25, 0.3) is 0 Å². The highest BCUT2D eigenvalue weighted by Crippen LogP contribution is 2.46. The maximum absolute atomic E-state index is 11.1. The second-order valence-corrected chi connectivity index (χ2v) is 10.4. The quantitative estimate of drug-likeness (QED) is 0.118. The third-order valence-electron chi connectivity index (χ3n) is 7.36. The highest BCUT2D eigenvalue weighted by Gasteiger charge is 2.24. The Hall–Kier alpha value is -1.38. The van der Waals surface area contributed by atoms with Gasteiger partial charge in [-0.3, -0.25) is 0 Å². The summed E-state index contributed by atoms with van der Waals surface area (Å²) in [6, 6.07) is 0. The lowest BCUT2D eigenvalue weighted by molar-refractivity contribution is 0.303. The summed E-state index contributed by atoms with van der Waals surface area (Å²) in [4.78, 5) is 0. The third-order valence-corrected chi connectivity index (χ3v) is 7.36. The van der Waals surface area contributed by atoms with E-state index in [1.165, 1.54) is 107 Å². The van der Waals surface area contributed by atoms with Crippen molar-refractivity contribution in [2.75, 3.05) is 6.61 Å². The van der Waals surface area contributed by atoms with Crippen molar-refractivity contribution in [2.45, 2.75) is 163 Å². The van der Waals surface area contributed by atoms with Crippen LogP contribution in [0.2, 0.25) is 0 Å². The number of phenols is 2. The van der Waals surface area contributed by atoms with Gasteiger partial charge in [-0.2, -0.15) is 0 Å². The van der Waals surface area contributed by atoms with E-state index in [4.69, 9.17) is 4.74 Å². The molecule has 3 nitrogen and oxygen atoms in total. The van der Waals surface area contributed by atoms with Crippen LogP contribution in [-0.4, -0.2) is 16.8 Å². The SMILES string of the molecule is CCCCCCCCc1c(O)c(O)c(OCC)c(CCCCCCCC)c1CCCCCCCC. The van der Waals surface area contributed by atoms with E-state index in [2.05, 4.69) is 20.8 Å². The normalized spacial score (nSPS) is 11.3. The predicted molar refractivity (Wildman–Crippen MR) is 152 cm³/mol. The molecule has 1 aromatic rings. The first-order chi connectivity index (χ1) is 17.1. The molecule has 0 saturated carbocycles. The zero-order chi connectivity index (χ0) is 25.7. The third kappa shape index (κ3) is 12.4. The second-order valence-electron chi connectivity index (χ2n) is 10.4. The van der Waals surface area contributed by atoms with E-state index in [9.17, 15) is 10.2 Å². The molecule has 204 valence electrons. The van der Waals surface area contributed by atoms with Crippen molar-refractivity contribution >= 4 is 0 Å². The molecule has 0 aliphatic heterocycles. The van der Waals surface area contributed by atoms with Crippen LogP contribution in [0.1, 0.15) is 160 Å². The Bertz CT molecular complexity index is 653. The number of aromatic hydroxyl groups is 2. The molecule has 0 radical (unpaired) electrons. The predicted octanol–water partition coefficient (Wildman–Crippen LogP) is 10.2. The first-order valence-corrected chi connectivity index (χ1v) is 15.3. The van der Waals surface area contributed by atoms with Crippen molar-refractivity contribution in [2.24, 2.45) is 0 Å². The molecule has 1 rings (SSSR count). The number of ether oxygens (including phenoxy) is 1. The largest absolute Gasteiger partial charge is 0.504 e. The summed E-state index contributed by atoms with van der Waals surface area (Å²) >= 11 is 0. The van der Waals surface area contributed by atoms with Gasteiger partial charge in [0.2, 0.25) is 5.75 Å². The fraction of sp³-hybridized carbons (Fsp3) is 0.812. The molecule has 0 amide bonds. The molecular weight excluding hydrogens is 432 g/mol. The van der Waals surface area contributed by atoms with Crippen LogP contribution in [0.3, 0.4) is 0 Å². The van der Waals surface area contributed by atoms with Crippen molar-refractivity contribution in [1.29, 1.82) is 0 Å². The number of hydrogen-bond acceptors (Lipinski definition) is 3. The van der Waals surface area contributed by atoms with Gasteiger partial charge in [-0.15, -0.1) is 0 Å². The van der Waals surface area contributed by atoms with Crippen molar-refractivity contribution in [1.82, 2.24) is 0 Å². The van der Waals surface area contributed by atoms with E-state index in [0.29, 0.717) is 12.4 Å². The maximum Gasteiger partial charge on any atom is 0.201 e. The lowest BCUT2D eigenvalue weighted by Crippen LogP contribution is -2.07. The van der Waals surface area contributed by atoms with Crippen LogP contribution < -0.4 is 4.74 Å². The van der Waals surface area contributed by atoms with Gasteiger partial charge in [0.05, 0.1) is 6.61 Å². The fourth-order valence-corrected chi connectivity index (χ4v) is 5.24. The van der Waals surface area contributed by atoms with E-state index in [0.717, 1.165) is 44.1 Å². The molecule has 0 saturated heterocycles. The van der Waals surface area contributed by atoms with Crippen LogP contribution in [0.5, 0.6) is 17.2 Å². The van der Waals surface area contributed by atoms with Crippen LogP contribution in [0.15, 0.2) is 0 Å². The number of benzene rings is 1. The van der Waals surface area contributed by atoms with Crippen LogP contribution in [-0.2, 0) is 19.3 Å². The molecule has 0 aromatic heterocycles. The molecule has 0 bridgehead atoms. The molecule has 0 heterocycles. The monoisotopic (exact) mass is 490 g/mol. The van der Waals surface area contributed by atoms with Gasteiger partial charge in [0.15, 0.2) is 11.5 Å². The Morgan fingerprint density at radius 3 is 1.23 bits per heavy atom. The zero-order valence-corrected chi connectivity index (χ0v) is 23.9. The Labute approximate surface area is 218 Å². The van der Waals surface area contributed by atoms with E-state index in [1.54, 1.807) is 0 Å². The van der Waals surface area contributed by atoms with Gasteiger partial charge in [0, 0.05) is 11.1 Å². The number of unbranched alkanes of at least 4 members (excludes halogenated alkanes) is 15. The Morgan fingerprint density at radius 2 is 0.800 bits per heavy atom. The van der Waals surface area contributed by atoms with Gasteiger partial charge in [-0.05, 0) is 51.0 Å². The Balaban J connectivity index is 3.06. The molecule has 0 unspecified atom stereocenters. The summed E-state index contributed by atoms with van der Waals surface area (Å²) in [7, 11) is 0. The molecule has 35 heavy (non-hydrogen) atoms. The highest BCUT2D eigenvalue weighted by atomic mass is 16.5. The summed E-state index contributed by atoms with van der Waals surface area (Å²) in [5, 5.41) is 22.0. The summed E-state index contributed by atoms with van der Waals surface area (Å²) in [6.45, 7) is 9.23. The van der Waals surface area contributed by atoms with Gasteiger partial charge in [-0.25, -0.2) is 0 Å². The van der Waals surface area contributed by atoms with E-state index < -0.39 is 0 Å². The Kier molecular flexibility index (Phi) is 18.8. The summed E-state index contributed by atoms with van der Waals surface area (Å²) in [5.74, 6) is 0.599. The lowest BCUT2D eigenvalue weighted by atomic mass is 9.88. The first-order valence-electron chi connectivity index (χ1n) is 15.3. The van der Waals surface area contributed by atoms with E-state index in [-0.39, 0.29) is 11.5 Å². The summed E-state index contributed by atoms with van der Waals surface area (Å²) in [5.41, 5.74) is 3.45. The second kappa shape index (κ2) is 20.8. The molecule has 0 aliphatic carbocycles. The van der Waals surface area contributed by atoms with E-state index in [1.807, 2.05) is 6.92 Å². The van der Waals surface area contributed by atoms with Crippen LogP contribution in [0.4, 0.5) is 0 Å². The van der Waals surface area contributed by atoms with E-state index >= 15 is 0 Å². The minimum atomic E-state index is -0.0273. The zero-order valence-electron chi connectivity index (χ0n) is 23.9. The minimum Gasteiger partial charge on any atom is -0.504 e. The van der Waals surface area contributed by atoms with Crippen LogP contribution >= 0.6 is 0 Å². The summed E-state index contributed by atoms with van der Waals surface area (Å²) in [6.07, 6.45) is 25.2. The number of hydrogen-bond donors (Lipinski definition) is 2. The molecule has 0 aliphatic rings. The topological polar surface area (TPSA) is 49.7 Å². The van der Waals surface area contributed by atoms with Gasteiger partial charge >= 0.3 is 0 Å². The molecule has 0 spiro atoms. The highest BCUT2D eigenvalue weighted by molar-refractivity contribution is 5.62. The van der Waals surface area contributed by atoms with Crippen molar-refractivity contribution in [3.8, 4) is 17.2 Å². The number of rotatable bonds is 23. The van der Waals surface area contributed by atoms with Gasteiger partial charge in [0.1, 0.15) is 0 Å². The first kappa shape index (κ1) is 31.6. The molecule has 2 N–H and O–H groups in total. The van der Waals surface area contributed by atoms with Crippen molar-refractivity contribution < 1.29 is 14.9 Å². The smallest absolute Gasteiger partial charge is 0.201 e. The van der Waals surface area contributed by atoms with Gasteiger partial charge in [0.25, 0.3) is 0 Å². The standard InChI is InChI=1S/C32H58O3/c1-5-9-12-15-18-21-24-27-28(25-22-19-16-13-10-6-2)30(33)31(34)32(35-8-4)29(27)26-23-20-17-14-11-7-3/h33-34H,5-26H2,1-4H3. The molecule has 1 aromatic carbocycles. The fourth-order valence-electron chi connectivity index (χ4n) is 5.24. The lowest BCUT2D eigenvalue weighted by Gasteiger charge is -2.22. The minimum absolute atomic E-state index is 0.0273. The van der Waals surface area contributed by atoms with Gasteiger partial charge < -0.3 is 14.9 Å². The summed E-state index contributed by atoms with van der Waals surface area (Å²) < 4.78 is 5.96. The number of phenolic OH excluding ortho intramolecular Hbond substituents is 2.